The number of benzene rings is 2. The third-order valence-corrected chi connectivity index (χ3v) is 3.58. The van der Waals surface area contributed by atoms with E-state index in [-0.39, 0.29) is 5.91 Å². The van der Waals surface area contributed by atoms with Gasteiger partial charge in [0, 0.05) is 5.56 Å². The highest BCUT2D eigenvalue weighted by Crippen LogP contribution is 2.22. The number of carbonyl (C=O) groups is 1. The number of anilines is 1. The summed E-state index contributed by atoms with van der Waals surface area (Å²) in [7, 11) is 0. The van der Waals surface area contributed by atoms with E-state index in [1.165, 1.54) is 0 Å². The lowest BCUT2D eigenvalue weighted by Crippen LogP contribution is -2.13. The van der Waals surface area contributed by atoms with Crippen molar-refractivity contribution >= 4 is 11.6 Å². The van der Waals surface area contributed by atoms with Gasteiger partial charge in [0.1, 0.15) is 17.5 Å². The standard InChI is InChI=1S/C19H16N4O2/c1-2-25-15-9-7-13(8-10-15)17-11-18(23-22-17)19(24)21-16-6-4-3-5-14(16)12-20/h3-11H,2H2,1H3,(H,21,24)(H,22,23). The Labute approximate surface area is 145 Å². The van der Waals surface area contributed by atoms with Gasteiger partial charge in [-0.25, -0.2) is 0 Å². The van der Waals surface area contributed by atoms with Crippen LogP contribution in [-0.2, 0) is 0 Å². The van der Waals surface area contributed by atoms with Crippen molar-refractivity contribution in [3.63, 3.8) is 0 Å². The van der Waals surface area contributed by atoms with Crippen molar-refractivity contribution < 1.29 is 9.53 Å². The summed E-state index contributed by atoms with van der Waals surface area (Å²) in [6.07, 6.45) is 0. The molecule has 0 aliphatic rings. The summed E-state index contributed by atoms with van der Waals surface area (Å²) in [5.41, 5.74) is 2.71. The van der Waals surface area contributed by atoms with Crippen LogP contribution < -0.4 is 10.1 Å². The van der Waals surface area contributed by atoms with E-state index in [2.05, 4.69) is 15.5 Å². The van der Waals surface area contributed by atoms with E-state index < -0.39 is 0 Å². The monoisotopic (exact) mass is 332 g/mol. The summed E-state index contributed by atoms with van der Waals surface area (Å²) in [6, 6.07) is 18.0. The molecule has 25 heavy (non-hydrogen) atoms. The molecule has 0 fully saturated rings. The summed E-state index contributed by atoms with van der Waals surface area (Å²) in [5.74, 6) is 0.431. The minimum atomic E-state index is -0.354. The molecule has 124 valence electrons. The molecule has 2 N–H and O–H groups in total. The molecule has 0 aliphatic carbocycles. The van der Waals surface area contributed by atoms with Gasteiger partial charge in [-0.05, 0) is 49.4 Å². The van der Waals surface area contributed by atoms with Crippen LogP contribution in [0.3, 0.4) is 0 Å². The molecule has 3 aromatic rings. The molecule has 0 atom stereocenters. The molecule has 0 saturated heterocycles. The van der Waals surface area contributed by atoms with Gasteiger partial charge in [-0.3, -0.25) is 9.89 Å². The highest BCUT2D eigenvalue weighted by molar-refractivity contribution is 6.04. The Morgan fingerprint density at radius 3 is 2.72 bits per heavy atom. The number of carbonyl (C=O) groups excluding carboxylic acids is 1. The van der Waals surface area contributed by atoms with Gasteiger partial charge in [-0.2, -0.15) is 10.4 Å². The number of amides is 1. The van der Waals surface area contributed by atoms with Crippen molar-refractivity contribution in [3.05, 3.63) is 65.9 Å². The SMILES string of the molecule is CCOc1ccc(-c2cc(C(=O)Nc3ccccc3C#N)[nH]n2)cc1. The zero-order valence-corrected chi connectivity index (χ0v) is 13.6. The van der Waals surface area contributed by atoms with Gasteiger partial charge in [-0.15, -0.1) is 0 Å². The number of nitrogens with one attached hydrogen (secondary N) is 2. The van der Waals surface area contributed by atoms with Crippen LogP contribution in [0.2, 0.25) is 0 Å². The third-order valence-electron chi connectivity index (χ3n) is 3.58. The number of rotatable bonds is 5. The normalized spacial score (nSPS) is 10.1. The Kier molecular flexibility index (Phi) is 4.77. The summed E-state index contributed by atoms with van der Waals surface area (Å²) in [4.78, 5) is 12.4. The first kappa shape index (κ1) is 16.3. The average molecular weight is 332 g/mol. The van der Waals surface area contributed by atoms with Gasteiger partial charge >= 0.3 is 0 Å². The maximum absolute atomic E-state index is 12.4. The topological polar surface area (TPSA) is 90.8 Å². The van der Waals surface area contributed by atoms with E-state index in [1.807, 2.05) is 37.3 Å². The maximum atomic E-state index is 12.4. The van der Waals surface area contributed by atoms with Gasteiger partial charge in [0.2, 0.25) is 0 Å². The van der Waals surface area contributed by atoms with Crippen LogP contribution in [0.25, 0.3) is 11.3 Å². The molecule has 0 spiro atoms. The summed E-state index contributed by atoms with van der Waals surface area (Å²) in [5, 5.41) is 18.7. The lowest BCUT2D eigenvalue weighted by molar-refractivity contribution is 0.102. The van der Waals surface area contributed by atoms with Gasteiger partial charge in [0.15, 0.2) is 0 Å². The molecule has 0 saturated carbocycles. The van der Waals surface area contributed by atoms with Gasteiger partial charge < -0.3 is 10.1 Å². The quantitative estimate of drug-likeness (QED) is 0.747. The first-order valence-electron chi connectivity index (χ1n) is 7.80. The van der Waals surface area contributed by atoms with Gasteiger partial charge in [0.25, 0.3) is 5.91 Å². The van der Waals surface area contributed by atoms with E-state index >= 15 is 0 Å². The van der Waals surface area contributed by atoms with Crippen LogP contribution in [-0.4, -0.2) is 22.7 Å². The van der Waals surface area contributed by atoms with Crippen LogP contribution in [0.5, 0.6) is 5.75 Å². The van der Waals surface area contributed by atoms with Crippen molar-refractivity contribution in [1.82, 2.24) is 10.2 Å². The molecule has 1 heterocycles. The van der Waals surface area contributed by atoms with Crippen molar-refractivity contribution in [2.45, 2.75) is 6.92 Å². The fourth-order valence-corrected chi connectivity index (χ4v) is 2.35. The number of aromatic amines is 1. The van der Waals surface area contributed by atoms with Gasteiger partial charge in [0.05, 0.1) is 23.6 Å². The first-order chi connectivity index (χ1) is 12.2. The zero-order chi connectivity index (χ0) is 17.6. The Balaban J connectivity index is 1.76. The smallest absolute Gasteiger partial charge is 0.273 e. The Morgan fingerprint density at radius 1 is 1.24 bits per heavy atom. The number of para-hydroxylation sites is 1. The Hall–Kier alpha value is -3.59. The summed E-state index contributed by atoms with van der Waals surface area (Å²) >= 11 is 0. The van der Waals surface area contributed by atoms with E-state index in [4.69, 9.17) is 10.00 Å². The minimum absolute atomic E-state index is 0.316. The third kappa shape index (κ3) is 3.67. The van der Waals surface area contributed by atoms with Crippen LogP contribution in [0.1, 0.15) is 23.0 Å². The number of aromatic nitrogens is 2. The predicted octanol–water partition coefficient (Wildman–Crippen LogP) is 3.60. The van der Waals surface area contributed by atoms with Crippen LogP contribution in [0.15, 0.2) is 54.6 Å². The molecule has 1 aromatic heterocycles. The Morgan fingerprint density at radius 2 is 2.00 bits per heavy atom. The number of nitriles is 1. The second-order valence-corrected chi connectivity index (χ2v) is 5.24. The molecule has 0 bridgehead atoms. The molecular formula is C19H16N4O2. The second kappa shape index (κ2) is 7.32. The van der Waals surface area contributed by atoms with E-state index in [1.54, 1.807) is 30.3 Å². The lowest BCUT2D eigenvalue weighted by atomic mass is 10.1. The first-order valence-corrected chi connectivity index (χ1v) is 7.80. The fraction of sp³-hybridized carbons (Fsp3) is 0.105. The van der Waals surface area contributed by atoms with Crippen molar-refractivity contribution in [1.29, 1.82) is 5.26 Å². The number of nitrogens with zero attached hydrogens (tertiary/aromatic N) is 2. The molecule has 0 unspecified atom stereocenters. The van der Waals surface area contributed by atoms with Crippen LogP contribution >= 0.6 is 0 Å². The predicted molar refractivity (Wildman–Crippen MR) is 94.3 cm³/mol. The van der Waals surface area contributed by atoms with E-state index in [9.17, 15) is 4.79 Å². The molecule has 2 aromatic carbocycles. The number of hydrogen-bond acceptors (Lipinski definition) is 4. The number of ether oxygens (including phenoxy) is 1. The summed E-state index contributed by atoms with van der Waals surface area (Å²) < 4.78 is 5.41. The number of hydrogen-bond donors (Lipinski definition) is 2. The highest BCUT2D eigenvalue weighted by Gasteiger charge is 2.13. The molecule has 0 aliphatic heterocycles. The van der Waals surface area contributed by atoms with E-state index in [0.717, 1.165) is 11.3 Å². The summed E-state index contributed by atoms with van der Waals surface area (Å²) in [6.45, 7) is 2.53. The van der Waals surface area contributed by atoms with Crippen molar-refractivity contribution in [2.24, 2.45) is 0 Å². The van der Waals surface area contributed by atoms with Gasteiger partial charge in [-0.1, -0.05) is 12.1 Å². The van der Waals surface area contributed by atoms with Crippen LogP contribution in [0, 0.1) is 11.3 Å². The molecule has 0 radical (unpaired) electrons. The minimum Gasteiger partial charge on any atom is -0.494 e. The van der Waals surface area contributed by atoms with Crippen molar-refractivity contribution in [2.75, 3.05) is 11.9 Å². The van der Waals surface area contributed by atoms with Crippen LogP contribution in [0.4, 0.5) is 5.69 Å². The molecule has 3 rings (SSSR count). The fourth-order valence-electron chi connectivity index (χ4n) is 2.35. The molecule has 1 amide bonds. The maximum Gasteiger partial charge on any atom is 0.273 e. The molecule has 6 nitrogen and oxygen atoms in total. The largest absolute Gasteiger partial charge is 0.494 e. The Bertz CT molecular complexity index is 923. The van der Waals surface area contributed by atoms with Crippen molar-refractivity contribution in [3.8, 4) is 23.1 Å². The molecular weight excluding hydrogens is 316 g/mol. The average Bonchev–Trinajstić information content (AvgIpc) is 3.13. The molecule has 6 heteroatoms. The highest BCUT2D eigenvalue weighted by atomic mass is 16.5. The zero-order valence-electron chi connectivity index (χ0n) is 13.6. The lowest BCUT2D eigenvalue weighted by Gasteiger charge is -2.04. The van der Waals surface area contributed by atoms with E-state index in [0.29, 0.717) is 29.2 Å². The second-order valence-electron chi connectivity index (χ2n) is 5.24. The number of H-pyrrole nitrogens is 1.